The molecule has 3 N–H and O–H groups in total. The third-order valence-electron chi connectivity index (χ3n) is 3.90. The van der Waals surface area contributed by atoms with Gasteiger partial charge >= 0.3 is 0 Å². The first-order valence-corrected chi connectivity index (χ1v) is 9.39. The van der Waals surface area contributed by atoms with E-state index in [4.69, 9.17) is 4.74 Å². The van der Waals surface area contributed by atoms with Crippen molar-refractivity contribution in [1.82, 2.24) is 15.6 Å². The van der Waals surface area contributed by atoms with E-state index in [9.17, 15) is 5.11 Å². The predicted molar refractivity (Wildman–Crippen MR) is 118 cm³/mol. The summed E-state index contributed by atoms with van der Waals surface area (Å²) in [6, 6.07) is 3.85. The summed E-state index contributed by atoms with van der Waals surface area (Å²) in [6.45, 7) is 10.5. The highest BCUT2D eigenvalue weighted by atomic mass is 127. The van der Waals surface area contributed by atoms with E-state index in [1.165, 1.54) is 0 Å². The number of nitrogens with one attached hydrogen (secondary N) is 2. The number of ether oxygens (including phenoxy) is 1. The number of rotatable bonds is 11. The van der Waals surface area contributed by atoms with E-state index in [1.807, 2.05) is 26.0 Å². The minimum absolute atomic E-state index is 0. The van der Waals surface area contributed by atoms with E-state index in [0.29, 0.717) is 31.5 Å². The van der Waals surface area contributed by atoms with E-state index in [0.717, 1.165) is 37.8 Å². The molecule has 0 aliphatic heterocycles. The van der Waals surface area contributed by atoms with Gasteiger partial charge in [-0.2, -0.15) is 0 Å². The molecule has 0 aromatic carbocycles. The lowest BCUT2D eigenvalue weighted by molar-refractivity contribution is 0.0257. The maximum absolute atomic E-state index is 10.8. The second-order valence-electron chi connectivity index (χ2n) is 6.17. The molecule has 150 valence electrons. The van der Waals surface area contributed by atoms with Crippen LogP contribution in [-0.4, -0.2) is 41.3 Å². The molecule has 1 aromatic heterocycles. The standard InChI is InChI=1S/C19H34N4O2.HI/c1-5-11-19(24,12-6-2)15-23-18(20-7-3)22-14-16-10-9-13-21-17(16)25-8-4;/h9-10,13,24H,5-8,11-12,14-15H2,1-4H3,(H2,20,22,23);1H. The molecule has 0 atom stereocenters. The molecule has 0 saturated carbocycles. The first kappa shape index (κ1) is 24.9. The van der Waals surface area contributed by atoms with Crippen LogP contribution in [0.5, 0.6) is 5.88 Å². The number of aliphatic hydroxyl groups is 1. The highest BCUT2D eigenvalue weighted by molar-refractivity contribution is 14.0. The molecule has 6 nitrogen and oxygen atoms in total. The first-order chi connectivity index (χ1) is 12.1. The molecule has 0 fully saturated rings. The number of nitrogens with zero attached hydrogens (tertiary/aromatic N) is 2. The van der Waals surface area contributed by atoms with Gasteiger partial charge < -0.3 is 20.5 Å². The Kier molecular flexibility index (Phi) is 13.4. The number of aromatic nitrogens is 1. The van der Waals surface area contributed by atoms with Gasteiger partial charge in [-0.15, -0.1) is 24.0 Å². The lowest BCUT2D eigenvalue weighted by Crippen LogP contribution is -2.47. The van der Waals surface area contributed by atoms with Crippen LogP contribution < -0.4 is 15.4 Å². The largest absolute Gasteiger partial charge is 0.478 e. The van der Waals surface area contributed by atoms with Crippen molar-refractivity contribution in [3.8, 4) is 5.88 Å². The zero-order valence-corrected chi connectivity index (χ0v) is 18.9. The summed E-state index contributed by atoms with van der Waals surface area (Å²) in [5.41, 5.74) is 0.253. The fourth-order valence-electron chi connectivity index (χ4n) is 2.80. The first-order valence-electron chi connectivity index (χ1n) is 9.39. The zero-order valence-electron chi connectivity index (χ0n) is 16.5. The third kappa shape index (κ3) is 9.02. The third-order valence-corrected chi connectivity index (χ3v) is 3.90. The number of pyridine rings is 1. The Morgan fingerprint density at radius 3 is 2.46 bits per heavy atom. The van der Waals surface area contributed by atoms with Gasteiger partial charge in [-0.25, -0.2) is 9.98 Å². The van der Waals surface area contributed by atoms with Crippen molar-refractivity contribution in [3.63, 3.8) is 0 Å². The zero-order chi connectivity index (χ0) is 18.5. The van der Waals surface area contributed by atoms with Crippen molar-refractivity contribution in [3.05, 3.63) is 23.9 Å². The highest BCUT2D eigenvalue weighted by Crippen LogP contribution is 2.18. The Labute approximate surface area is 175 Å². The number of hydrogen-bond donors (Lipinski definition) is 3. The van der Waals surface area contributed by atoms with Gasteiger partial charge in [0, 0.05) is 24.8 Å². The normalized spacial score (nSPS) is 11.7. The van der Waals surface area contributed by atoms with Gasteiger partial charge in [-0.1, -0.05) is 32.8 Å². The summed E-state index contributed by atoms with van der Waals surface area (Å²) >= 11 is 0. The number of aliphatic imine (C=N–C) groups is 1. The fourth-order valence-corrected chi connectivity index (χ4v) is 2.80. The SMILES string of the molecule is CCCC(O)(CCC)CNC(=NCc1cccnc1OCC)NCC.I. The molecular formula is C19H35IN4O2. The molecule has 26 heavy (non-hydrogen) atoms. The molecule has 0 aliphatic carbocycles. The van der Waals surface area contributed by atoms with Crippen LogP contribution in [0.1, 0.15) is 58.9 Å². The molecule has 0 aliphatic rings. The van der Waals surface area contributed by atoms with Crippen LogP contribution in [0.25, 0.3) is 0 Å². The smallest absolute Gasteiger partial charge is 0.218 e. The summed E-state index contributed by atoms with van der Waals surface area (Å²) in [7, 11) is 0. The number of guanidine groups is 1. The van der Waals surface area contributed by atoms with Gasteiger partial charge in [0.25, 0.3) is 0 Å². The van der Waals surface area contributed by atoms with Crippen molar-refractivity contribution < 1.29 is 9.84 Å². The topological polar surface area (TPSA) is 78.8 Å². The molecule has 0 bridgehead atoms. The van der Waals surface area contributed by atoms with Crippen LogP contribution in [0.2, 0.25) is 0 Å². The van der Waals surface area contributed by atoms with E-state index >= 15 is 0 Å². The van der Waals surface area contributed by atoms with Gasteiger partial charge in [0.1, 0.15) is 0 Å². The Hall–Kier alpha value is -1.09. The summed E-state index contributed by atoms with van der Waals surface area (Å²) < 4.78 is 5.55. The maximum Gasteiger partial charge on any atom is 0.218 e. The molecule has 1 heterocycles. The van der Waals surface area contributed by atoms with Gasteiger partial charge in [0.15, 0.2) is 5.96 Å². The minimum atomic E-state index is -0.690. The predicted octanol–water partition coefficient (Wildman–Crippen LogP) is 3.48. The van der Waals surface area contributed by atoms with Crippen LogP contribution >= 0.6 is 24.0 Å². The summed E-state index contributed by atoms with van der Waals surface area (Å²) in [4.78, 5) is 8.87. The van der Waals surface area contributed by atoms with E-state index in [-0.39, 0.29) is 24.0 Å². The quantitative estimate of drug-likeness (QED) is 0.258. The summed E-state index contributed by atoms with van der Waals surface area (Å²) in [6.07, 6.45) is 5.20. The average molecular weight is 478 g/mol. The molecule has 0 amide bonds. The van der Waals surface area contributed by atoms with Gasteiger partial charge in [0.05, 0.1) is 18.8 Å². The van der Waals surface area contributed by atoms with Crippen molar-refractivity contribution >= 4 is 29.9 Å². The van der Waals surface area contributed by atoms with E-state index < -0.39 is 5.60 Å². The molecule has 0 unspecified atom stereocenters. The van der Waals surface area contributed by atoms with Crippen molar-refractivity contribution in [2.45, 2.75) is 65.5 Å². The molecular weight excluding hydrogens is 443 g/mol. The maximum atomic E-state index is 10.8. The Balaban J connectivity index is 0.00000625. The van der Waals surface area contributed by atoms with Crippen molar-refractivity contribution in [2.24, 2.45) is 4.99 Å². The van der Waals surface area contributed by atoms with Crippen molar-refractivity contribution in [2.75, 3.05) is 19.7 Å². The molecule has 7 heteroatoms. The highest BCUT2D eigenvalue weighted by Gasteiger charge is 2.24. The number of halogens is 1. The summed E-state index contributed by atoms with van der Waals surface area (Å²) in [5, 5.41) is 17.3. The minimum Gasteiger partial charge on any atom is -0.478 e. The molecule has 0 saturated heterocycles. The lowest BCUT2D eigenvalue weighted by Gasteiger charge is -2.28. The molecule has 0 spiro atoms. The lowest BCUT2D eigenvalue weighted by atomic mass is 9.93. The monoisotopic (exact) mass is 478 g/mol. The van der Waals surface area contributed by atoms with Crippen LogP contribution in [0.15, 0.2) is 23.3 Å². The Morgan fingerprint density at radius 1 is 1.19 bits per heavy atom. The van der Waals surface area contributed by atoms with Gasteiger partial charge in [-0.3, -0.25) is 0 Å². The Morgan fingerprint density at radius 2 is 1.88 bits per heavy atom. The van der Waals surface area contributed by atoms with Crippen LogP contribution in [0, 0.1) is 0 Å². The summed E-state index contributed by atoms with van der Waals surface area (Å²) in [5.74, 6) is 1.32. The molecule has 1 rings (SSSR count). The fraction of sp³-hybridized carbons (Fsp3) is 0.684. The van der Waals surface area contributed by atoms with Crippen molar-refractivity contribution in [1.29, 1.82) is 0 Å². The molecule has 1 aromatic rings. The van der Waals surface area contributed by atoms with Gasteiger partial charge in [0.2, 0.25) is 5.88 Å². The van der Waals surface area contributed by atoms with E-state index in [2.05, 4.69) is 34.5 Å². The second-order valence-corrected chi connectivity index (χ2v) is 6.17. The average Bonchev–Trinajstić information content (AvgIpc) is 2.59. The molecule has 0 radical (unpaired) electrons. The second kappa shape index (κ2) is 14.0. The van der Waals surface area contributed by atoms with Crippen LogP contribution in [0.3, 0.4) is 0 Å². The van der Waals surface area contributed by atoms with E-state index in [1.54, 1.807) is 6.20 Å². The van der Waals surface area contributed by atoms with Gasteiger partial charge in [-0.05, 0) is 32.8 Å². The number of hydrogen-bond acceptors (Lipinski definition) is 4. The van der Waals surface area contributed by atoms with Crippen LogP contribution in [0.4, 0.5) is 0 Å². The Bertz CT molecular complexity index is 520. The van der Waals surface area contributed by atoms with Crippen LogP contribution in [-0.2, 0) is 6.54 Å².